The van der Waals surface area contributed by atoms with Gasteiger partial charge in [0.25, 0.3) is 10.0 Å². The molecule has 4 rings (SSSR count). The summed E-state index contributed by atoms with van der Waals surface area (Å²) in [5.41, 5.74) is 1.34. The van der Waals surface area contributed by atoms with Crippen LogP contribution in [0.1, 0.15) is 28.0 Å². The van der Waals surface area contributed by atoms with Crippen molar-refractivity contribution in [3.8, 4) is 11.5 Å². The van der Waals surface area contributed by atoms with Gasteiger partial charge in [0.05, 0.1) is 21.2 Å². The number of sulfonamides is 1. The number of rotatable bonds is 7. The smallest absolute Gasteiger partial charge is 0.338 e. The highest BCUT2D eigenvalue weighted by Gasteiger charge is 2.20. The Hall–Kier alpha value is -3.11. The lowest BCUT2D eigenvalue weighted by molar-refractivity contribution is 0.0468. The van der Waals surface area contributed by atoms with Gasteiger partial charge in [-0.25, -0.2) is 18.2 Å². The van der Waals surface area contributed by atoms with E-state index in [-0.39, 0.29) is 11.5 Å². The highest BCUT2D eigenvalue weighted by Crippen LogP contribution is 2.32. The fourth-order valence-corrected chi connectivity index (χ4v) is 4.68. The Morgan fingerprint density at radius 3 is 2.58 bits per heavy atom. The molecule has 3 aromatic rings. The molecule has 0 amide bonds. The molecule has 0 spiro atoms. The molecule has 2 aromatic carbocycles. The van der Waals surface area contributed by atoms with Crippen LogP contribution in [0.15, 0.2) is 52.7 Å². The zero-order valence-corrected chi connectivity index (χ0v) is 18.3. The number of hydrogen-bond donors (Lipinski definition) is 1. The topological polar surface area (TPSA) is 104 Å². The molecule has 162 valence electrons. The van der Waals surface area contributed by atoms with Crippen LogP contribution in [0.2, 0.25) is 0 Å². The normalized spacial score (nSPS) is 12.9. The Bertz CT molecular complexity index is 1190. The minimum atomic E-state index is -3.84. The molecule has 1 N–H and O–H groups in total. The molecule has 0 bridgehead atoms. The molecule has 10 heteroatoms. The van der Waals surface area contributed by atoms with E-state index in [2.05, 4.69) is 9.71 Å². The number of nitrogens with one attached hydrogen (secondary N) is 1. The van der Waals surface area contributed by atoms with Crippen molar-refractivity contribution in [2.75, 3.05) is 17.9 Å². The second kappa shape index (κ2) is 8.94. The minimum absolute atomic E-state index is 0.0509. The number of esters is 1. The SMILES string of the molecule is CCc1nc(COC(=O)c2ccc(NS(=O)(=O)c3ccc4c(c3)OCCO4)cc2)cs1. The standard InChI is InChI=1S/C21H20N2O6S2/c1-2-20-22-16(13-30-20)12-29-21(24)14-3-5-15(6-4-14)23-31(25,26)17-7-8-18-19(11-17)28-10-9-27-18/h3-8,11,13,23H,2,9-10,12H2,1H3. The number of fused-ring (bicyclic) bond motifs is 1. The summed E-state index contributed by atoms with van der Waals surface area (Å²) in [7, 11) is -3.84. The van der Waals surface area contributed by atoms with Crippen LogP contribution in [0.4, 0.5) is 5.69 Å². The number of nitrogens with zero attached hydrogens (tertiary/aromatic N) is 1. The van der Waals surface area contributed by atoms with Crippen molar-refractivity contribution in [2.45, 2.75) is 24.8 Å². The molecule has 8 nitrogen and oxygen atoms in total. The van der Waals surface area contributed by atoms with Crippen molar-refractivity contribution < 1.29 is 27.4 Å². The van der Waals surface area contributed by atoms with Gasteiger partial charge in [-0.2, -0.15) is 0 Å². The van der Waals surface area contributed by atoms with E-state index in [4.69, 9.17) is 14.2 Å². The maximum Gasteiger partial charge on any atom is 0.338 e. The molecule has 0 aliphatic carbocycles. The van der Waals surface area contributed by atoms with Gasteiger partial charge in [-0.3, -0.25) is 4.72 Å². The van der Waals surface area contributed by atoms with E-state index in [0.717, 1.165) is 11.4 Å². The number of hydrogen-bond acceptors (Lipinski definition) is 8. The molecule has 31 heavy (non-hydrogen) atoms. The quantitative estimate of drug-likeness (QED) is 0.537. The Morgan fingerprint density at radius 1 is 1.13 bits per heavy atom. The predicted molar refractivity (Wildman–Crippen MR) is 115 cm³/mol. The molecule has 1 aliphatic heterocycles. The molecule has 1 aromatic heterocycles. The van der Waals surface area contributed by atoms with Gasteiger partial charge >= 0.3 is 5.97 Å². The summed E-state index contributed by atoms with van der Waals surface area (Å²) in [5.74, 6) is 0.391. The van der Waals surface area contributed by atoms with Crippen molar-refractivity contribution in [2.24, 2.45) is 0 Å². The monoisotopic (exact) mass is 460 g/mol. The first-order chi connectivity index (χ1) is 14.9. The van der Waals surface area contributed by atoms with Gasteiger partial charge in [0.1, 0.15) is 19.8 Å². The number of aromatic nitrogens is 1. The van der Waals surface area contributed by atoms with Crippen molar-refractivity contribution in [3.05, 3.63) is 64.1 Å². The fraction of sp³-hybridized carbons (Fsp3) is 0.238. The lowest BCUT2D eigenvalue weighted by Crippen LogP contribution is -2.17. The second-order valence-electron chi connectivity index (χ2n) is 6.65. The molecule has 0 fully saturated rings. The number of aryl methyl sites for hydroxylation is 1. The first kappa shape index (κ1) is 21.1. The summed E-state index contributed by atoms with van der Waals surface area (Å²) in [6, 6.07) is 10.4. The largest absolute Gasteiger partial charge is 0.486 e. The molecule has 0 saturated heterocycles. The van der Waals surface area contributed by atoms with Crippen LogP contribution >= 0.6 is 11.3 Å². The van der Waals surface area contributed by atoms with Gasteiger partial charge < -0.3 is 14.2 Å². The molecule has 0 unspecified atom stereocenters. The lowest BCUT2D eigenvalue weighted by Gasteiger charge is -2.19. The maximum atomic E-state index is 12.7. The number of benzene rings is 2. The summed E-state index contributed by atoms with van der Waals surface area (Å²) in [6.07, 6.45) is 0.836. The molecular formula is C21H20N2O6S2. The molecule has 0 radical (unpaired) electrons. The van der Waals surface area contributed by atoms with Crippen LogP contribution in [-0.2, 0) is 27.8 Å². The van der Waals surface area contributed by atoms with Crippen molar-refractivity contribution >= 4 is 33.0 Å². The average Bonchev–Trinajstić information content (AvgIpc) is 3.25. The fourth-order valence-electron chi connectivity index (χ4n) is 2.88. The average molecular weight is 461 g/mol. The summed E-state index contributed by atoms with van der Waals surface area (Å²) >= 11 is 1.53. The van der Waals surface area contributed by atoms with Crippen LogP contribution in [0.3, 0.4) is 0 Å². The third-order valence-corrected chi connectivity index (χ3v) is 6.87. The van der Waals surface area contributed by atoms with Crippen LogP contribution in [-0.4, -0.2) is 32.6 Å². The van der Waals surface area contributed by atoms with Crippen molar-refractivity contribution in [3.63, 3.8) is 0 Å². The highest BCUT2D eigenvalue weighted by molar-refractivity contribution is 7.92. The van der Waals surface area contributed by atoms with E-state index in [1.165, 1.54) is 47.7 Å². The van der Waals surface area contributed by atoms with E-state index in [0.29, 0.717) is 41.7 Å². The highest BCUT2D eigenvalue weighted by atomic mass is 32.2. The molecule has 1 aliphatic rings. The third kappa shape index (κ3) is 4.97. The Kier molecular flexibility index (Phi) is 6.10. The van der Waals surface area contributed by atoms with E-state index >= 15 is 0 Å². The maximum absolute atomic E-state index is 12.7. The van der Waals surface area contributed by atoms with E-state index in [1.807, 2.05) is 12.3 Å². The Morgan fingerprint density at radius 2 is 1.87 bits per heavy atom. The molecular weight excluding hydrogens is 440 g/mol. The number of carbonyl (C=O) groups is 1. The van der Waals surface area contributed by atoms with Crippen LogP contribution in [0.25, 0.3) is 0 Å². The van der Waals surface area contributed by atoms with Crippen molar-refractivity contribution in [1.29, 1.82) is 0 Å². The zero-order chi connectivity index (χ0) is 21.8. The van der Waals surface area contributed by atoms with Gasteiger partial charge in [-0.15, -0.1) is 11.3 Å². The number of ether oxygens (including phenoxy) is 3. The van der Waals surface area contributed by atoms with Crippen LogP contribution < -0.4 is 14.2 Å². The summed E-state index contributed by atoms with van der Waals surface area (Å²) in [6.45, 7) is 2.89. The number of carbonyl (C=O) groups excluding carboxylic acids is 1. The molecule has 2 heterocycles. The van der Waals surface area contributed by atoms with E-state index < -0.39 is 16.0 Å². The first-order valence-corrected chi connectivity index (χ1v) is 11.9. The van der Waals surface area contributed by atoms with Crippen molar-refractivity contribution in [1.82, 2.24) is 4.98 Å². The lowest BCUT2D eigenvalue weighted by atomic mass is 10.2. The Balaban J connectivity index is 1.40. The van der Waals surface area contributed by atoms with Gasteiger partial charge in [0.15, 0.2) is 11.5 Å². The molecule has 0 saturated carbocycles. The number of thiazole rings is 1. The summed E-state index contributed by atoms with van der Waals surface area (Å²) < 4.78 is 44.0. The Labute approximate surface area is 183 Å². The van der Waals surface area contributed by atoms with Gasteiger partial charge in [0.2, 0.25) is 0 Å². The molecule has 0 atom stereocenters. The summed E-state index contributed by atoms with van der Waals surface area (Å²) in [4.78, 5) is 16.6. The second-order valence-corrected chi connectivity index (χ2v) is 9.28. The van der Waals surface area contributed by atoms with E-state index in [9.17, 15) is 13.2 Å². The number of anilines is 1. The van der Waals surface area contributed by atoms with Crippen LogP contribution in [0, 0.1) is 0 Å². The van der Waals surface area contributed by atoms with Gasteiger partial charge in [-0.1, -0.05) is 6.92 Å². The minimum Gasteiger partial charge on any atom is -0.486 e. The van der Waals surface area contributed by atoms with Gasteiger partial charge in [-0.05, 0) is 42.8 Å². The van der Waals surface area contributed by atoms with E-state index in [1.54, 1.807) is 6.07 Å². The van der Waals surface area contributed by atoms with Gasteiger partial charge in [0, 0.05) is 17.1 Å². The third-order valence-electron chi connectivity index (χ3n) is 4.45. The predicted octanol–water partition coefficient (Wildman–Crippen LogP) is 3.63. The summed E-state index contributed by atoms with van der Waals surface area (Å²) in [5, 5.41) is 2.85. The zero-order valence-electron chi connectivity index (χ0n) is 16.7. The van der Waals surface area contributed by atoms with Crippen LogP contribution in [0.5, 0.6) is 11.5 Å². The first-order valence-electron chi connectivity index (χ1n) is 9.57.